The molecular formula is C16H23NO2. The molecule has 1 fully saturated rings. The molecule has 3 heteroatoms. The van der Waals surface area contributed by atoms with Gasteiger partial charge in [-0.2, -0.15) is 0 Å². The summed E-state index contributed by atoms with van der Waals surface area (Å²) in [5, 5.41) is 19.2. The van der Waals surface area contributed by atoms with E-state index >= 15 is 0 Å². The lowest BCUT2D eigenvalue weighted by Crippen LogP contribution is -2.48. The third-order valence-corrected chi connectivity index (χ3v) is 4.65. The molecule has 0 aromatic heterocycles. The quantitative estimate of drug-likeness (QED) is 0.860. The predicted octanol–water partition coefficient (Wildman–Crippen LogP) is 1.22. The fourth-order valence-corrected chi connectivity index (χ4v) is 3.62. The Balaban J connectivity index is 1.61. The summed E-state index contributed by atoms with van der Waals surface area (Å²) in [4.78, 5) is 2.38. The van der Waals surface area contributed by atoms with Crippen molar-refractivity contribution in [1.82, 2.24) is 4.90 Å². The highest BCUT2D eigenvalue weighted by Crippen LogP contribution is 2.28. The summed E-state index contributed by atoms with van der Waals surface area (Å²) in [6, 6.07) is 8.86. The largest absolute Gasteiger partial charge is 0.395 e. The number of hydrogen-bond donors (Lipinski definition) is 2. The van der Waals surface area contributed by atoms with Crippen LogP contribution in [0.2, 0.25) is 0 Å². The van der Waals surface area contributed by atoms with E-state index in [1.165, 1.54) is 11.1 Å². The lowest BCUT2D eigenvalue weighted by Gasteiger charge is -2.38. The molecule has 0 saturated carbocycles. The molecule has 0 bridgehead atoms. The van der Waals surface area contributed by atoms with Gasteiger partial charge in [0.25, 0.3) is 0 Å². The van der Waals surface area contributed by atoms with Gasteiger partial charge in [-0.3, -0.25) is 4.90 Å². The van der Waals surface area contributed by atoms with Crippen LogP contribution in [0.25, 0.3) is 0 Å². The molecular weight excluding hydrogens is 238 g/mol. The second kappa shape index (κ2) is 5.61. The Labute approximate surface area is 114 Å². The lowest BCUT2D eigenvalue weighted by molar-refractivity contribution is 0.0102. The minimum Gasteiger partial charge on any atom is -0.395 e. The average Bonchev–Trinajstić information content (AvgIpc) is 2.83. The van der Waals surface area contributed by atoms with Crippen molar-refractivity contribution in [3.05, 3.63) is 35.4 Å². The van der Waals surface area contributed by atoms with Gasteiger partial charge >= 0.3 is 0 Å². The van der Waals surface area contributed by atoms with Gasteiger partial charge in [0.05, 0.1) is 12.7 Å². The lowest BCUT2D eigenvalue weighted by atomic mass is 9.97. The maximum atomic E-state index is 9.69. The smallest absolute Gasteiger partial charge is 0.0587 e. The summed E-state index contributed by atoms with van der Waals surface area (Å²) in [7, 11) is 0. The number of piperidine rings is 1. The van der Waals surface area contributed by atoms with Gasteiger partial charge in [0.15, 0.2) is 0 Å². The van der Waals surface area contributed by atoms with Gasteiger partial charge in [-0.05, 0) is 42.7 Å². The highest BCUT2D eigenvalue weighted by molar-refractivity contribution is 5.32. The van der Waals surface area contributed by atoms with E-state index in [-0.39, 0.29) is 18.8 Å². The van der Waals surface area contributed by atoms with Crippen molar-refractivity contribution in [2.24, 2.45) is 5.92 Å². The number of hydrogen-bond acceptors (Lipinski definition) is 3. The first-order valence-electron chi connectivity index (χ1n) is 7.36. The van der Waals surface area contributed by atoms with Gasteiger partial charge in [-0.1, -0.05) is 24.3 Å². The molecule has 2 N–H and O–H groups in total. The van der Waals surface area contributed by atoms with E-state index < -0.39 is 0 Å². The van der Waals surface area contributed by atoms with Crippen LogP contribution in [-0.2, 0) is 12.8 Å². The normalized spacial score (nSPS) is 28.5. The van der Waals surface area contributed by atoms with E-state index in [2.05, 4.69) is 29.2 Å². The van der Waals surface area contributed by atoms with Crippen molar-refractivity contribution < 1.29 is 10.2 Å². The van der Waals surface area contributed by atoms with Crippen LogP contribution in [-0.4, -0.2) is 47.0 Å². The van der Waals surface area contributed by atoms with E-state index in [9.17, 15) is 10.2 Å². The zero-order valence-corrected chi connectivity index (χ0v) is 11.3. The fourth-order valence-electron chi connectivity index (χ4n) is 3.62. The highest BCUT2D eigenvalue weighted by Gasteiger charge is 2.30. The van der Waals surface area contributed by atoms with Crippen molar-refractivity contribution in [3.8, 4) is 0 Å². The van der Waals surface area contributed by atoms with Gasteiger partial charge in [0, 0.05) is 19.1 Å². The van der Waals surface area contributed by atoms with Crippen molar-refractivity contribution in [3.63, 3.8) is 0 Å². The average molecular weight is 261 g/mol. The summed E-state index contributed by atoms with van der Waals surface area (Å²) in [5.74, 6) is 0.668. The minimum absolute atomic E-state index is 0.146. The molecule has 0 amide bonds. The van der Waals surface area contributed by atoms with Gasteiger partial charge in [0.1, 0.15) is 0 Å². The zero-order chi connectivity index (χ0) is 13.2. The maximum absolute atomic E-state index is 9.69. The predicted molar refractivity (Wildman–Crippen MR) is 75.0 cm³/mol. The van der Waals surface area contributed by atoms with Crippen LogP contribution >= 0.6 is 0 Å². The molecule has 19 heavy (non-hydrogen) atoms. The van der Waals surface area contributed by atoms with Crippen molar-refractivity contribution in [2.75, 3.05) is 19.7 Å². The Morgan fingerprint density at radius 1 is 1.16 bits per heavy atom. The molecule has 0 spiro atoms. The van der Waals surface area contributed by atoms with Crippen molar-refractivity contribution >= 4 is 0 Å². The summed E-state index contributed by atoms with van der Waals surface area (Å²) in [6.45, 7) is 2.13. The fraction of sp³-hybridized carbons (Fsp3) is 0.625. The Morgan fingerprint density at radius 3 is 2.47 bits per heavy atom. The van der Waals surface area contributed by atoms with Crippen molar-refractivity contribution in [2.45, 2.75) is 37.8 Å². The molecule has 1 aliphatic heterocycles. The monoisotopic (exact) mass is 261 g/mol. The third kappa shape index (κ3) is 2.83. The first-order chi connectivity index (χ1) is 9.26. The number of rotatable bonds is 3. The van der Waals surface area contributed by atoms with Gasteiger partial charge in [0.2, 0.25) is 0 Å². The van der Waals surface area contributed by atoms with E-state index in [1.807, 2.05) is 0 Å². The number of aliphatic hydroxyl groups is 2. The number of benzene rings is 1. The number of fused-ring (bicyclic) bond motifs is 1. The first kappa shape index (κ1) is 13.1. The molecule has 1 aliphatic carbocycles. The molecule has 2 atom stereocenters. The van der Waals surface area contributed by atoms with Crippen LogP contribution in [0, 0.1) is 5.92 Å². The highest BCUT2D eigenvalue weighted by atomic mass is 16.3. The number of likely N-dealkylation sites (tertiary alicyclic amines) is 1. The van der Waals surface area contributed by atoms with Crippen LogP contribution in [0.4, 0.5) is 0 Å². The molecule has 1 heterocycles. The van der Waals surface area contributed by atoms with Gasteiger partial charge in [-0.25, -0.2) is 0 Å². The second-order valence-electron chi connectivity index (χ2n) is 6.05. The molecule has 1 saturated heterocycles. The van der Waals surface area contributed by atoms with Crippen LogP contribution in [0.5, 0.6) is 0 Å². The van der Waals surface area contributed by atoms with Crippen LogP contribution in [0.3, 0.4) is 0 Å². The van der Waals surface area contributed by atoms with Crippen molar-refractivity contribution in [1.29, 1.82) is 0 Å². The van der Waals surface area contributed by atoms with Crippen LogP contribution in [0.1, 0.15) is 24.0 Å². The minimum atomic E-state index is -0.228. The number of nitrogens with zero attached hydrogens (tertiary/aromatic N) is 1. The zero-order valence-electron chi connectivity index (χ0n) is 11.3. The van der Waals surface area contributed by atoms with Crippen LogP contribution < -0.4 is 0 Å². The standard InChI is InChI=1S/C16H23NO2/c18-11-15-9-16(19)5-6-17(15)10-12-7-13-3-1-2-4-14(13)8-12/h1-4,12,15-16,18-19H,5-11H2. The summed E-state index contributed by atoms with van der Waals surface area (Å²) < 4.78 is 0. The molecule has 104 valence electrons. The molecule has 1 aromatic rings. The molecule has 2 unspecified atom stereocenters. The molecule has 2 aliphatic rings. The Hall–Kier alpha value is -0.900. The first-order valence-corrected chi connectivity index (χ1v) is 7.36. The topological polar surface area (TPSA) is 43.7 Å². The Kier molecular flexibility index (Phi) is 3.87. The van der Waals surface area contributed by atoms with Crippen LogP contribution in [0.15, 0.2) is 24.3 Å². The van der Waals surface area contributed by atoms with Gasteiger partial charge < -0.3 is 10.2 Å². The van der Waals surface area contributed by atoms with E-state index in [0.29, 0.717) is 5.92 Å². The summed E-state index contributed by atoms with van der Waals surface area (Å²) in [6.07, 6.45) is 3.65. The summed E-state index contributed by atoms with van der Waals surface area (Å²) >= 11 is 0. The summed E-state index contributed by atoms with van der Waals surface area (Å²) in [5.41, 5.74) is 2.98. The van der Waals surface area contributed by atoms with Gasteiger partial charge in [-0.15, -0.1) is 0 Å². The number of aliphatic hydroxyl groups excluding tert-OH is 2. The molecule has 3 rings (SSSR count). The van der Waals surface area contributed by atoms with E-state index in [1.54, 1.807) is 0 Å². The molecule has 3 nitrogen and oxygen atoms in total. The Bertz CT molecular complexity index is 410. The van der Waals surface area contributed by atoms with E-state index in [4.69, 9.17) is 0 Å². The Morgan fingerprint density at radius 2 is 1.84 bits per heavy atom. The SMILES string of the molecule is OCC1CC(O)CCN1CC1Cc2ccccc2C1. The van der Waals surface area contributed by atoms with E-state index in [0.717, 1.165) is 38.8 Å². The second-order valence-corrected chi connectivity index (χ2v) is 6.05. The third-order valence-electron chi connectivity index (χ3n) is 4.65. The molecule has 1 aromatic carbocycles. The molecule has 0 radical (unpaired) electrons. The maximum Gasteiger partial charge on any atom is 0.0587 e.